The van der Waals surface area contributed by atoms with Gasteiger partial charge in [-0.1, -0.05) is 35.4 Å². The van der Waals surface area contributed by atoms with Crippen molar-refractivity contribution >= 4 is 69.8 Å². The van der Waals surface area contributed by atoms with Gasteiger partial charge in [-0.25, -0.2) is 26.9 Å². The zero-order valence-electron chi connectivity index (χ0n) is 23.4. The topological polar surface area (TPSA) is 95.0 Å². The number of imide groups is 2. The van der Waals surface area contributed by atoms with E-state index in [2.05, 4.69) is 0 Å². The number of fused-ring (bicyclic) bond motifs is 4. The third-order valence-corrected chi connectivity index (χ3v) is 11.2. The van der Waals surface area contributed by atoms with Gasteiger partial charge in [0.1, 0.15) is 11.4 Å². The molecule has 0 aromatic heterocycles. The number of amides is 4. The van der Waals surface area contributed by atoms with Gasteiger partial charge in [-0.15, -0.1) is 23.2 Å². The number of phenols is 1. The Hall–Kier alpha value is -4.00. The molecule has 1 N–H and O–H groups in total. The van der Waals surface area contributed by atoms with Gasteiger partial charge in [0, 0.05) is 10.9 Å². The maximum Gasteiger partial charge on any atom is 0.258 e. The fraction of sp³-hybridized carbons (Fsp3) is 0.250. The van der Waals surface area contributed by atoms with Crippen LogP contribution in [0.1, 0.15) is 24.3 Å². The van der Waals surface area contributed by atoms with Crippen molar-refractivity contribution in [3.05, 3.63) is 99.9 Å². The second-order valence-corrected chi connectivity index (χ2v) is 13.5. The summed E-state index contributed by atoms with van der Waals surface area (Å²) < 4.78 is 72.8. The number of carbonyl (C=O) groups is 4. The number of alkyl halides is 2. The normalized spacial score (nSPS) is 30.0. The lowest BCUT2D eigenvalue weighted by Crippen LogP contribution is -2.60. The van der Waals surface area contributed by atoms with Crippen molar-refractivity contribution < 1.29 is 46.2 Å². The Bertz CT molecular complexity index is 1960. The number of hydrogen-bond acceptors (Lipinski definition) is 5. The maximum atomic E-state index is 15.1. The number of carbonyl (C=O) groups excluding carboxylic acids is 4. The van der Waals surface area contributed by atoms with Crippen LogP contribution in [0.2, 0.25) is 5.02 Å². The summed E-state index contributed by atoms with van der Waals surface area (Å²) in [5.74, 6) is -21.7. The molecule has 3 aromatic carbocycles. The van der Waals surface area contributed by atoms with Crippen LogP contribution in [0.15, 0.2) is 60.2 Å². The number of benzene rings is 3. The molecule has 0 bridgehead atoms. The number of nitrogens with zero attached hydrogens (tertiary/aromatic N) is 2. The Balaban J connectivity index is 1.42. The van der Waals surface area contributed by atoms with E-state index in [1.54, 1.807) is 6.08 Å². The van der Waals surface area contributed by atoms with Crippen molar-refractivity contribution in [3.63, 3.8) is 0 Å². The van der Waals surface area contributed by atoms with Crippen LogP contribution in [-0.2, 0) is 19.2 Å². The second kappa shape index (κ2) is 10.5. The molecule has 0 spiro atoms. The molecule has 4 amide bonds. The van der Waals surface area contributed by atoms with E-state index in [0.29, 0.717) is 5.02 Å². The minimum atomic E-state index is -2.67. The van der Waals surface area contributed by atoms with Gasteiger partial charge < -0.3 is 5.11 Å². The highest BCUT2D eigenvalue weighted by atomic mass is 35.5. The lowest BCUT2D eigenvalue weighted by molar-refractivity contribution is -0.125. The van der Waals surface area contributed by atoms with Crippen molar-refractivity contribution in [1.82, 2.24) is 0 Å². The van der Waals surface area contributed by atoms with Gasteiger partial charge in [-0.2, -0.15) is 0 Å². The molecule has 2 saturated heterocycles. The molecule has 15 heteroatoms. The van der Waals surface area contributed by atoms with Gasteiger partial charge in [-0.3, -0.25) is 24.1 Å². The molecular weight excluding hydrogens is 694 g/mol. The summed E-state index contributed by atoms with van der Waals surface area (Å²) in [6, 6.07) is 11.2. The summed E-state index contributed by atoms with van der Waals surface area (Å²) in [5, 5.41) is 10.7. The molecule has 6 atom stereocenters. The summed E-state index contributed by atoms with van der Waals surface area (Å²) in [5.41, 5.74) is -1.29. The van der Waals surface area contributed by atoms with E-state index in [9.17, 15) is 37.5 Å². The lowest BCUT2D eigenvalue weighted by atomic mass is 9.56. The maximum absolute atomic E-state index is 15.1. The number of rotatable bonds is 3. The highest BCUT2D eigenvalue weighted by molar-refractivity contribution is 6.58. The number of anilines is 2. The molecule has 242 valence electrons. The molecule has 2 heterocycles. The zero-order chi connectivity index (χ0) is 33.9. The number of halogens is 8. The fourth-order valence-electron chi connectivity index (χ4n) is 7.49. The number of aromatic hydroxyl groups is 1. The predicted molar refractivity (Wildman–Crippen MR) is 158 cm³/mol. The van der Waals surface area contributed by atoms with Gasteiger partial charge >= 0.3 is 0 Å². The molecule has 2 aliphatic carbocycles. The quantitative estimate of drug-likeness (QED) is 0.0836. The molecule has 2 aliphatic heterocycles. The van der Waals surface area contributed by atoms with Crippen LogP contribution >= 0.6 is 34.8 Å². The van der Waals surface area contributed by atoms with Crippen molar-refractivity contribution in [3.8, 4) is 5.75 Å². The smallest absolute Gasteiger partial charge is 0.258 e. The third kappa shape index (κ3) is 4.04. The minimum Gasteiger partial charge on any atom is -0.508 e. The van der Waals surface area contributed by atoms with Crippen LogP contribution in [0.4, 0.5) is 33.3 Å². The van der Waals surface area contributed by atoms with Gasteiger partial charge in [0.15, 0.2) is 33.0 Å². The monoisotopic (exact) mass is 710 g/mol. The largest absolute Gasteiger partial charge is 0.508 e. The summed E-state index contributed by atoms with van der Waals surface area (Å²) in [7, 11) is 0. The lowest BCUT2D eigenvalue weighted by Gasteiger charge is -2.50. The fourth-order valence-corrected chi connectivity index (χ4v) is 8.55. The summed E-state index contributed by atoms with van der Waals surface area (Å²) in [6.07, 6.45) is 0.910. The van der Waals surface area contributed by atoms with E-state index in [1.807, 2.05) is 0 Å². The second-order valence-electron chi connectivity index (χ2n) is 11.8. The highest BCUT2D eigenvalue weighted by Crippen LogP contribution is 2.66. The first-order valence-corrected chi connectivity index (χ1v) is 15.2. The average Bonchev–Trinajstić information content (AvgIpc) is 3.38. The van der Waals surface area contributed by atoms with E-state index in [0.717, 1.165) is 4.90 Å². The SMILES string of the molecule is O=C1[C@H]2[C@H](CC=C3[C@H]2C[C@@]2(Cl)C(=O)N(c4c(F)c(F)c(F)c(F)c4F)C(=O)[C@@]2(Cl)[C@H]3c2cccc(O)c2)C(=O)N1c1ccc(Cl)cc1. The number of phenolic OH excluding ortho intramolecular Hbond substituents is 1. The molecule has 4 aliphatic rings. The zero-order valence-corrected chi connectivity index (χ0v) is 25.7. The van der Waals surface area contributed by atoms with Crippen molar-refractivity contribution in [1.29, 1.82) is 0 Å². The van der Waals surface area contributed by atoms with Crippen molar-refractivity contribution in [2.75, 3.05) is 9.80 Å². The van der Waals surface area contributed by atoms with Crippen molar-refractivity contribution in [2.45, 2.75) is 28.5 Å². The van der Waals surface area contributed by atoms with E-state index in [4.69, 9.17) is 34.8 Å². The Morgan fingerprint density at radius 2 is 1.38 bits per heavy atom. The van der Waals surface area contributed by atoms with E-state index >= 15 is 8.78 Å². The van der Waals surface area contributed by atoms with E-state index in [1.165, 1.54) is 48.5 Å². The van der Waals surface area contributed by atoms with Crippen LogP contribution in [0.5, 0.6) is 5.75 Å². The molecular formula is C32H18Cl3F5N2O5. The van der Waals surface area contributed by atoms with Crippen LogP contribution in [-0.4, -0.2) is 38.5 Å². The summed E-state index contributed by atoms with van der Waals surface area (Å²) in [6.45, 7) is 0. The van der Waals surface area contributed by atoms with Gasteiger partial charge in [-0.05, 0) is 60.7 Å². The number of allylic oxidation sites excluding steroid dienone is 2. The molecule has 47 heavy (non-hydrogen) atoms. The molecule has 1 saturated carbocycles. The molecule has 0 radical (unpaired) electrons. The molecule has 3 aromatic rings. The van der Waals surface area contributed by atoms with E-state index < -0.39 is 98.2 Å². The van der Waals surface area contributed by atoms with Crippen molar-refractivity contribution in [2.24, 2.45) is 17.8 Å². The number of hydrogen-bond donors (Lipinski definition) is 1. The van der Waals surface area contributed by atoms with Crippen LogP contribution < -0.4 is 9.80 Å². The first-order valence-electron chi connectivity index (χ1n) is 14.1. The Labute approximate surface area is 277 Å². The first kappa shape index (κ1) is 31.6. The Morgan fingerprint density at radius 3 is 2.00 bits per heavy atom. The molecule has 3 fully saturated rings. The Morgan fingerprint density at radius 1 is 0.766 bits per heavy atom. The van der Waals surface area contributed by atoms with Gasteiger partial charge in [0.05, 0.1) is 17.5 Å². The first-order chi connectivity index (χ1) is 22.1. The Kier molecular flexibility index (Phi) is 7.06. The highest BCUT2D eigenvalue weighted by Gasteiger charge is 2.77. The van der Waals surface area contributed by atoms with E-state index in [-0.39, 0.29) is 33.9 Å². The van der Waals surface area contributed by atoms with Crippen LogP contribution in [0, 0.1) is 46.8 Å². The third-order valence-electron chi connectivity index (χ3n) is 9.51. The van der Waals surface area contributed by atoms with Crippen LogP contribution in [0.3, 0.4) is 0 Å². The minimum absolute atomic E-state index is 0.0216. The standard InChI is InChI=1S/C32H18Cl3F5N2O5/c33-13-4-6-14(7-5-13)41-27(44)17-9-8-16-18(19(17)28(41)45)11-31(34)29(46)42(26-24(39)22(37)21(36)23(38)25(26)40)30(47)32(31,35)20(16)12-2-1-3-15(43)10-12/h1-8,10,17-20,43H,9,11H2/t17-,18+,19-,20-,31+,32-/m0/s1. The summed E-state index contributed by atoms with van der Waals surface area (Å²) in [4.78, 5) is 51.4. The van der Waals surface area contributed by atoms with Crippen LogP contribution in [0.25, 0.3) is 0 Å². The molecule has 0 unspecified atom stereocenters. The predicted octanol–water partition coefficient (Wildman–Crippen LogP) is 6.51. The average molecular weight is 712 g/mol. The summed E-state index contributed by atoms with van der Waals surface area (Å²) >= 11 is 20.1. The molecule has 7 rings (SSSR count). The van der Waals surface area contributed by atoms with Gasteiger partial charge in [0.2, 0.25) is 17.6 Å². The molecule has 7 nitrogen and oxygen atoms in total. The van der Waals surface area contributed by atoms with Gasteiger partial charge in [0.25, 0.3) is 11.8 Å².